The fraction of sp³-hybridized carbons (Fsp3) is 1.00. The van der Waals surface area contributed by atoms with Crippen LogP contribution in [0.25, 0.3) is 0 Å². The molecule has 7 aliphatic rings. The van der Waals surface area contributed by atoms with Crippen LogP contribution in [0.15, 0.2) is 0 Å². The number of hydrogen-bond acceptors (Lipinski definition) is 0. The first kappa shape index (κ1) is 25.9. The minimum atomic E-state index is 1.12. The molecule has 0 nitrogen and oxygen atoms in total. The van der Waals surface area contributed by atoms with E-state index in [1.54, 1.807) is 161 Å². The van der Waals surface area contributed by atoms with Crippen molar-refractivity contribution in [2.24, 2.45) is 71.0 Å². The van der Waals surface area contributed by atoms with E-state index in [0.717, 1.165) is 71.0 Å². The van der Waals surface area contributed by atoms with Crippen molar-refractivity contribution >= 4 is 0 Å². The van der Waals surface area contributed by atoms with Crippen LogP contribution in [0.4, 0.5) is 0 Å². The van der Waals surface area contributed by atoms with Crippen LogP contribution >= 0.6 is 0 Å². The molecule has 6 unspecified atom stereocenters. The third kappa shape index (κ3) is 5.76. The van der Waals surface area contributed by atoms with Crippen molar-refractivity contribution in [1.29, 1.82) is 0 Å². The fourth-order valence-electron chi connectivity index (χ4n) is 12.8. The van der Waals surface area contributed by atoms with E-state index in [2.05, 4.69) is 0 Å². The van der Waals surface area contributed by atoms with Crippen LogP contribution < -0.4 is 0 Å². The number of rotatable bonds is 6. The highest BCUT2D eigenvalue weighted by Gasteiger charge is 2.42. The Morgan fingerprint density at radius 2 is 0.324 bits per heavy atom. The van der Waals surface area contributed by atoms with Gasteiger partial charge in [0.2, 0.25) is 0 Å². The number of hydrogen-bond donors (Lipinski definition) is 0. The Kier molecular flexibility index (Phi) is 8.31. The summed E-state index contributed by atoms with van der Waals surface area (Å²) in [6.45, 7) is 0. The lowest BCUT2D eigenvalue weighted by atomic mass is 9.69. The highest BCUT2D eigenvalue weighted by molar-refractivity contribution is 4.93. The molecule has 0 spiro atoms. The molecular weight excluding hydrogens is 444 g/mol. The zero-order valence-corrected chi connectivity index (χ0v) is 24.6. The molecule has 0 heterocycles. The van der Waals surface area contributed by atoms with Crippen molar-refractivity contribution in [1.82, 2.24) is 0 Å². The zero-order chi connectivity index (χ0) is 24.6. The Morgan fingerprint density at radius 1 is 0.162 bits per heavy atom. The van der Waals surface area contributed by atoms with Gasteiger partial charge < -0.3 is 0 Å². The summed E-state index contributed by atoms with van der Waals surface area (Å²) < 4.78 is 0. The van der Waals surface area contributed by atoms with Gasteiger partial charge in [-0.25, -0.2) is 0 Å². The van der Waals surface area contributed by atoms with Gasteiger partial charge >= 0.3 is 0 Å². The molecular formula is C37H62. The van der Waals surface area contributed by atoms with Crippen LogP contribution in [0.2, 0.25) is 0 Å². The molecule has 0 amide bonds. The Labute approximate surface area is 231 Å². The molecule has 0 saturated heterocycles. The standard InChI is InChI=1S/C37H62/c1-2-6-26(5-1)32-17-19-34(23-32)28-9-13-30(14-10-28)36-21-22-37(25-36)31-15-11-29(12-16-31)35-20-18-33(24-35)27-7-3-4-8-27/h26-37H,1-25H2. The van der Waals surface area contributed by atoms with Gasteiger partial charge in [0.15, 0.2) is 0 Å². The second-order valence-electron chi connectivity index (χ2n) is 16.4. The van der Waals surface area contributed by atoms with Crippen LogP contribution in [0, 0.1) is 71.0 Å². The van der Waals surface area contributed by atoms with Gasteiger partial charge in [0.05, 0.1) is 0 Å². The van der Waals surface area contributed by atoms with Crippen molar-refractivity contribution in [2.45, 2.75) is 161 Å². The molecule has 0 aromatic rings. The molecule has 0 radical (unpaired) electrons. The summed E-state index contributed by atoms with van der Waals surface area (Å²) in [5.74, 6) is 13.6. The molecule has 0 aliphatic heterocycles. The molecule has 7 saturated carbocycles. The molecule has 37 heavy (non-hydrogen) atoms. The molecule has 0 aromatic carbocycles. The van der Waals surface area contributed by atoms with Crippen molar-refractivity contribution < 1.29 is 0 Å². The third-order valence-electron chi connectivity index (χ3n) is 15.0. The van der Waals surface area contributed by atoms with Crippen molar-refractivity contribution in [3.8, 4) is 0 Å². The lowest BCUT2D eigenvalue weighted by Gasteiger charge is -2.37. The van der Waals surface area contributed by atoms with E-state index in [9.17, 15) is 0 Å². The average molecular weight is 507 g/mol. The summed E-state index contributed by atoms with van der Waals surface area (Å²) in [4.78, 5) is 0. The van der Waals surface area contributed by atoms with E-state index in [4.69, 9.17) is 0 Å². The highest BCUT2D eigenvalue weighted by atomic mass is 14.5. The highest BCUT2D eigenvalue weighted by Crippen LogP contribution is 2.53. The largest absolute Gasteiger partial charge is 0.0530 e. The van der Waals surface area contributed by atoms with Crippen LogP contribution in [-0.2, 0) is 0 Å². The van der Waals surface area contributed by atoms with Gasteiger partial charge in [0.1, 0.15) is 0 Å². The maximum absolute atomic E-state index is 1.64. The lowest BCUT2D eigenvalue weighted by molar-refractivity contribution is 0.141. The molecule has 7 aliphatic carbocycles. The quantitative estimate of drug-likeness (QED) is 0.336. The first-order chi connectivity index (χ1) is 18.3. The molecule has 210 valence electrons. The van der Waals surface area contributed by atoms with Crippen LogP contribution in [-0.4, -0.2) is 0 Å². The smallest absolute Gasteiger partial charge is 0.0383 e. The second kappa shape index (κ2) is 11.9. The minimum Gasteiger partial charge on any atom is -0.0530 e. The molecule has 7 fully saturated rings. The maximum Gasteiger partial charge on any atom is -0.0383 e. The Balaban J connectivity index is 0.819. The maximum atomic E-state index is 1.64. The molecule has 7 rings (SSSR count). The first-order valence-electron chi connectivity index (χ1n) is 18.3. The van der Waals surface area contributed by atoms with Gasteiger partial charge in [-0.3, -0.25) is 0 Å². The summed E-state index contributed by atoms with van der Waals surface area (Å²) in [5.41, 5.74) is 0. The molecule has 0 bridgehead atoms. The van der Waals surface area contributed by atoms with Gasteiger partial charge in [-0.05, 0) is 180 Å². The zero-order valence-electron chi connectivity index (χ0n) is 24.6. The summed E-state index contributed by atoms with van der Waals surface area (Å²) in [5, 5.41) is 0. The van der Waals surface area contributed by atoms with Crippen molar-refractivity contribution in [3.05, 3.63) is 0 Å². The van der Waals surface area contributed by atoms with Gasteiger partial charge in [0.25, 0.3) is 0 Å². The van der Waals surface area contributed by atoms with Gasteiger partial charge in [-0.2, -0.15) is 0 Å². The molecule has 0 aromatic heterocycles. The van der Waals surface area contributed by atoms with E-state index in [0.29, 0.717) is 0 Å². The van der Waals surface area contributed by atoms with E-state index in [1.807, 2.05) is 0 Å². The molecule has 0 N–H and O–H groups in total. The lowest BCUT2D eigenvalue weighted by Crippen LogP contribution is -2.26. The van der Waals surface area contributed by atoms with Gasteiger partial charge in [-0.15, -0.1) is 0 Å². The van der Waals surface area contributed by atoms with Crippen LogP contribution in [0.5, 0.6) is 0 Å². The van der Waals surface area contributed by atoms with Crippen LogP contribution in [0.1, 0.15) is 161 Å². The summed E-state index contributed by atoms with van der Waals surface area (Å²) in [6, 6.07) is 0. The second-order valence-corrected chi connectivity index (χ2v) is 16.4. The fourth-order valence-corrected chi connectivity index (χ4v) is 12.8. The summed E-state index contributed by atoms with van der Waals surface area (Å²) in [6.07, 6.45) is 39.9. The minimum absolute atomic E-state index is 1.12. The molecule has 6 atom stereocenters. The summed E-state index contributed by atoms with van der Waals surface area (Å²) >= 11 is 0. The predicted molar refractivity (Wildman–Crippen MR) is 157 cm³/mol. The van der Waals surface area contributed by atoms with Gasteiger partial charge in [-0.1, -0.05) is 51.4 Å². The van der Waals surface area contributed by atoms with Crippen molar-refractivity contribution in [3.63, 3.8) is 0 Å². The van der Waals surface area contributed by atoms with Gasteiger partial charge in [0, 0.05) is 0 Å². The van der Waals surface area contributed by atoms with Crippen molar-refractivity contribution in [2.75, 3.05) is 0 Å². The first-order valence-corrected chi connectivity index (χ1v) is 18.3. The normalized spacial score (nSPS) is 48.3. The average Bonchev–Trinajstić information content (AvgIpc) is 3.77. The van der Waals surface area contributed by atoms with E-state index >= 15 is 0 Å². The van der Waals surface area contributed by atoms with E-state index in [-0.39, 0.29) is 0 Å². The Morgan fingerprint density at radius 3 is 0.541 bits per heavy atom. The Hall–Kier alpha value is 0. The molecule has 0 heteroatoms. The SMILES string of the molecule is C1CCC(C2CCC(C3CCC(C4CCC(C5CCC(C6CCC(C7CCCC7)C6)CC5)C4)CC3)C2)C1. The topological polar surface area (TPSA) is 0 Å². The van der Waals surface area contributed by atoms with E-state index < -0.39 is 0 Å². The van der Waals surface area contributed by atoms with Crippen LogP contribution in [0.3, 0.4) is 0 Å². The summed E-state index contributed by atoms with van der Waals surface area (Å²) in [7, 11) is 0. The van der Waals surface area contributed by atoms with E-state index in [1.165, 1.54) is 0 Å². The predicted octanol–water partition coefficient (Wildman–Crippen LogP) is 11.2. The Bertz CT molecular complexity index is 636. The monoisotopic (exact) mass is 506 g/mol. The third-order valence-corrected chi connectivity index (χ3v) is 15.0.